The van der Waals surface area contributed by atoms with Gasteiger partial charge in [0, 0.05) is 30.9 Å². The third-order valence-electron chi connectivity index (χ3n) is 6.88. The van der Waals surface area contributed by atoms with Crippen LogP contribution in [0.25, 0.3) is 22.3 Å². The number of hydrogen-bond donors (Lipinski definition) is 1. The number of nitrogens with zero attached hydrogens (tertiary/aromatic N) is 4. The zero-order valence-corrected chi connectivity index (χ0v) is 18.0. The van der Waals surface area contributed by atoms with E-state index >= 15 is 0 Å². The molecule has 1 saturated heterocycles. The molecular formula is C23H27N5O3. The van der Waals surface area contributed by atoms with E-state index in [-0.39, 0.29) is 16.6 Å². The van der Waals surface area contributed by atoms with Crippen LogP contribution in [-0.2, 0) is 11.8 Å². The van der Waals surface area contributed by atoms with Gasteiger partial charge >= 0.3 is 0 Å². The van der Waals surface area contributed by atoms with Gasteiger partial charge in [-0.3, -0.25) is 9.89 Å². The Kier molecular flexibility index (Phi) is 3.99. The van der Waals surface area contributed by atoms with Gasteiger partial charge in [-0.15, -0.1) is 0 Å². The summed E-state index contributed by atoms with van der Waals surface area (Å²) in [7, 11) is 1.70. The fourth-order valence-electron chi connectivity index (χ4n) is 4.43. The Hall–Kier alpha value is -2.87. The Bertz CT molecular complexity index is 1220. The predicted octanol–water partition coefficient (Wildman–Crippen LogP) is 2.87. The summed E-state index contributed by atoms with van der Waals surface area (Å²) in [5, 5.41) is 13.1. The minimum atomic E-state index is -0.0908. The van der Waals surface area contributed by atoms with Gasteiger partial charge in [0.1, 0.15) is 28.4 Å². The van der Waals surface area contributed by atoms with Crippen LogP contribution in [0.5, 0.6) is 5.75 Å². The van der Waals surface area contributed by atoms with Crippen LogP contribution in [-0.4, -0.2) is 51.9 Å². The number of aromatic amines is 1. The van der Waals surface area contributed by atoms with E-state index in [1.807, 2.05) is 24.3 Å². The zero-order valence-electron chi connectivity index (χ0n) is 18.0. The number of aryl methyl sites for hydroxylation is 1. The molecule has 8 heteroatoms. The highest BCUT2D eigenvalue weighted by molar-refractivity contribution is 5.93. The average Bonchev–Trinajstić information content (AvgIpc) is 3.66. The maximum absolute atomic E-state index is 13.0. The number of aromatic nitrogens is 4. The van der Waals surface area contributed by atoms with Crippen LogP contribution < -0.4 is 15.2 Å². The molecule has 31 heavy (non-hydrogen) atoms. The number of nitrogens with one attached hydrogen (secondary N) is 1. The van der Waals surface area contributed by atoms with Crippen molar-refractivity contribution >= 4 is 16.6 Å². The van der Waals surface area contributed by atoms with Crippen LogP contribution in [0.4, 0.5) is 5.69 Å². The average molecular weight is 422 g/mol. The lowest BCUT2D eigenvalue weighted by molar-refractivity contribution is 0.116. The number of benzene rings is 1. The second-order valence-electron chi connectivity index (χ2n) is 9.65. The van der Waals surface area contributed by atoms with Gasteiger partial charge in [0.25, 0.3) is 5.56 Å². The third kappa shape index (κ3) is 3.39. The number of fused-ring (bicyclic) bond motifs is 1. The first kappa shape index (κ1) is 18.9. The van der Waals surface area contributed by atoms with Crippen molar-refractivity contribution in [2.24, 2.45) is 12.5 Å². The summed E-state index contributed by atoms with van der Waals surface area (Å²) in [6, 6.07) is 7.86. The lowest BCUT2D eigenvalue weighted by atomic mass is 10.1. The highest BCUT2D eigenvalue weighted by atomic mass is 16.5. The predicted molar refractivity (Wildman–Crippen MR) is 118 cm³/mol. The summed E-state index contributed by atoms with van der Waals surface area (Å²) in [4.78, 5) is 15.2. The number of hydrogen-bond acceptors (Lipinski definition) is 6. The Morgan fingerprint density at radius 1 is 1.19 bits per heavy atom. The minimum Gasteiger partial charge on any atom is -0.488 e. The summed E-state index contributed by atoms with van der Waals surface area (Å²) < 4.78 is 13.4. The molecule has 2 saturated carbocycles. The van der Waals surface area contributed by atoms with Gasteiger partial charge in [-0.25, -0.2) is 4.68 Å². The molecule has 1 N–H and O–H groups in total. The van der Waals surface area contributed by atoms with Crippen molar-refractivity contribution in [2.45, 2.75) is 38.2 Å². The molecule has 1 aliphatic heterocycles. The molecule has 1 aromatic carbocycles. The van der Waals surface area contributed by atoms with Crippen LogP contribution in [0.3, 0.4) is 0 Å². The molecule has 3 aliphatic rings. The first-order valence-corrected chi connectivity index (χ1v) is 11.0. The van der Waals surface area contributed by atoms with Crippen molar-refractivity contribution in [3.8, 4) is 17.1 Å². The van der Waals surface area contributed by atoms with Crippen molar-refractivity contribution in [1.29, 1.82) is 0 Å². The molecule has 2 aromatic heterocycles. The normalized spacial score (nSPS) is 21.3. The largest absolute Gasteiger partial charge is 0.488 e. The molecule has 3 aromatic rings. The number of anilines is 1. The van der Waals surface area contributed by atoms with Crippen LogP contribution >= 0.6 is 0 Å². The minimum absolute atomic E-state index is 0.0484. The van der Waals surface area contributed by atoms with E-state index in [1.165, 1.54) is 4.68 Å². The topological polar surface area (TPSA) is 85.3 Å². The van der Waals surface area contributed by atoms with E-state index in [2.05, 4.69) is 27.1 Å². The first-order valence-electron chi connectivity index (χ1n) is 11.0. The van der Waals surface area contributed by atoms with E-state index in [4.69, 9.17) is 9.47 Å². The Morgan fingerprint density at radius 3 is 2.81 bits per heavy atom. The van der Waals surface area contributed by atoms with Gasteiger partial charge < -0.3 is 14.4 Å². The summed E-state index contributed by atoms with van der Waals surface area (Å²) >= 11 is 0. The maximum Gasteiger partial charge on any atom is 0.290 e. The highest BCUT2D eigenvalue weighted by Gasteiger charge is 2.46. The van der Waals surface area contributed by atoms with Gasteiger partial charge in [0.2, 0.25) is 0 Å². The molecule has 1 spiro atoms. The highest BCUT2D eigenvalue weighted by Crippen LogP contribution is 2.47. The summed E-state index contributed by atoms with van der Waals surface area (Å²) in [6.07, 6.45) is 4.48. The maximum atomic E-state index is 13.0. The Labute approximate surface area is 180 Å². The van der Waals surface area contributed by atoms with E-state index in [1.54, 1.807) is 7.05 Å². The molecular weight excluding hydrogens is 394 g/mol. The van der Waals surface area contributed by atoms with Gasteiger partial charge in [0.05, 0.1) is 18.7 Å². The molecule has 3 heterocycles. The van der Waals surface area contributed by atoms with Crippen molar-refractivity contribution in [3.05, 3.63) is 34.6 Å². The van der Waals surface area contributed by atoms with Gasteiger partial charge in [-0.2, -0.15) is 10.2 Å². The van der Waals surface area contributed by atoms with Crippen molar-refractivity contribution in [3.63, 3.8) is 0 Å². The van der Waals surface area contributed by atoms with Gasteiger partial charge in [-0.05, 0) is 56.9 Å². The van der Waals surface area contributed by atoms with Crippen molar-refractivity contribution in [2.75, 3.05) is 31.2 Å². The summed E-state index contributed by atoms with van der Waals surface area (Å²) in [6.45, 7) is 5.11. The number of rotatable bonds is 4. The molecule has 8 nitrogen and oxygen atoms in total. The Morgan fingerprint density at radius 2 is 2.03 bits per heavy atom. The smallest absolute Gasteiger partial charge is 0.290 e. The lowest BCUT2D eigenvalue weighted by Crippen LogP contribution is -2.37. The monoisotopic (exact) mass is 421 g/mol. The van der Waals surface area contributed by atoms with Crippen LogP contribution in [0.2, 0.25) is 0 Å². The number of ether oxygens (including phenoxy) is 2. The van der Waals surface area contributed by atoms with E-state index in [0.717, 1.165) is 61.2 Å². The molecule has 3 fully saturated rings. The van der Waals surface area contributed by atoms with Crippen molar-refractivity contribution < 1.29 is 9.47 Å². The van der Waals surface area contributed by atoms with Gasteiger partial charge in [-0.1, -0.05) is 0 Å². The molecule has 162 valence electrons. The van der Waals surface area contributed by atoms with Crippen LogP contribution in [0.15, 0.2) is 29.1 Å². The molecule has 2 aliphatic carbocycles. The third-order valence-corrected chi connectivity index (χ3v) is 6.88. The zero-order chi connectivity index (χ0) is 21.2. The van der Waals surface area contributed by atoms with Crippen molar-refractivity contribution in [1.82, 2.24) is 20.0 Å². The quantitative estimate of drug-likeness (QED) is 0.697. The van der Waals surface area contributed by atoms with E-state index in [9.17, 15) is 4.79 Å². The molecule has 6 rings (SSSR count). The molecule has 0 atom stereocenters. The Balaban J connectivity index is 1.41. The summed E-state index contributed by atoms with van der Waals surface area (Å²) in [5.74, 6) is 0.834. The standard InChI is InChI=1S/C23H27N5O3/c1-22(5-6-22)31-15-3-4-17-16(11-15)20(25-24-17)18-12-19(21(29)27(2)26-18)28-9-10-30-14-23(13-28)7-8-23/h3-4,11-12H,5-10,13-14H2,1-2H3,(H,24,25). The van der Waals surface area contributed by atoms with Crippen LogP contribution in [0, 0.1) is 5.41 Å². The molecule has 0 amide bonds. The molecule has 0 radical (unpaired) electrons. The first-order chi connectivity index (χ1) is 14.9. The summed E-state index contributed by atoms with van der Waals surface area (Å²) in [5.41, 5.74) is 3.05. The fourth-order valence-corrected chi connectivity index (χ4v) is 4.43. The number of H-pyrrole nitrogens is 1. The molecule has 0 unspecified atom stereocenters. The second-order valence-corrected chi connectivity index (χ2v) is 9.65. The fraction of sp³-hybridized carbons (Fsp3) is 0.522. The SMILES string of the molecule is Cn1nc(-c2n[nH]c3ccc(OC4(C)CC4)cc23)cc(N2CCOCC3(CC3)C2)c1=O. The van der Waals surface area contributed by atoms with E-state index in [0.29, 0.717) is 24.5 Å². The second kappa shape index (κ2) is 6.56. The molecule has 0 bridgehead atoms. The van der Waals surface area contributed by atoms with Crippen LogP contribution in [0.1, 0.15) is 32.6 Å². The van der Waals surface area contributed by atoms with E-state index < -0.39 is 0 Å². The lowest BCUT2D eigenvalue weighted by Gasteiger charge is -2.25. The van der Waals surface area contributed by atoms with Gasteiger partial charge in [0.15, 0.2) is 0 Å².